The monoisotopic (exact) mass is 411 g/mol. The molecule has 1 aliphatic rings. The first kappa shape index (κ1) is 20.5. The molecule has 2 aromatic rings. The van der Waals surface area contributed by atoms with E-state index >= 15 is 0 Å². The Morgan fingerprint density at radius 2 is 1.93 bits per heavy atom. The van der Waals surface area contributed by atoms with E-state index in [0.29, 0.717) is 11.5 Å². The van der Waals surface area contributed by atoms with E-state index in [-0.39, 0.29) is 41.7 Å². The van der Waals surface area contributed by atoms with Crippen LogP contribution in [0.2, 0.25) is 0 Å². The van der Waals surface area contributed by atoms with Crippen LogP contribution in [0.25, 0.3) is 6.08 Å². The Morgan fingerprint density at radius 1 is 1.23 bits per heavy atom. The summed E-state index contributed by atoms with van der Waals surface area (Å²) in [6, 6.07) is 9.47. The van der Waals surface area contributed by atoms with E-state index in [0.717, 1.165) is 11.6 Å². The van der Waals surface area contributed by atoms with E-state index in [2.05, 4.69) is 5.32 Å². The Morgan fingerprint density at radius 3 is 2.60 bits per heavy atom. The van der Waals surface area contributed by atoms with Crippen LogP contribution in [0.3, 0.4) is 0 Å². The average Bonchev–Trinajstić information content (AvgIpc) is 3.22. The van der Waals surface area contributed by atoms with E-state index in [4.69, 9.17) is 18.9 Å². The molecule has 3 rings (SSSR count). The third-order valence-corrected chi connectivity index (χ3v) is 4.28. The normalized spacial score (nSPS) is 12.1. The molecule has 0 radical (unpaired) electrons. The lowest BCUT2D eigenvalue weighted by Gasteiger charge is -2.09. The Balaban J connectivity index is 1.83. The first-order chi connectivity index (χ1) is 14.5. The van der Waals surface area contributed by atoms with Gasteiger partial charge >= 0.3 is 0 Å². The van der Waals surface area contributed by atoms with Crippen molar-refractivity contribution in [3.8, 4) is 29.1 Å². The van der Waals surface area contributed by atoms with Gasteiger partial charge in [0.05, 0.1) is 30.8 Å². The third kappa shape index (κ3) is 4.25. The van der Waals surface area contributed by atoms with Gasteiger partial charge in [-0.3, -0.25) is 14.9 Å². The third-order valence-electron chi connectivity index (χ3n) is 4.28. The second kappa shape index (κ2) is 8.83. The SMILES string of the molecule is COc1cc(/C=C(\C#N)C(=O)NCc2ccc3c(c2)OCO3)c([N+](=O)[O-])cc1OC. The summed E-state index contributed by atoms with van der Waals surface area (Å²) in [5, 5.41) is 23.4. The maximum atomic E-state index is 12.5. The van der Waals surface area contributed by atoms with Gasteiger partial charge in [-0.25, -0.2) is 0 Å². The summed E-state index contributed by atoms with van der Waals surface area (Å²) in [7, 11) is 2.72. The van der Waals surface area contributed by atoms with Crippen LogP contribution in [0.5, 0.6) is 23.0 Å². The van der Waals surface area contributed by atoms with Gasteiger partial charge in [0, 0.05) is 6.54 Å². The van der Waals surface area contributed by atoms with Crippen molar-refractivity contribution in [3.63, 3.8) is 0 Å². The molecule has 1 heterocycles. The quantitative estimate of drug-likeness (QED) is 0.318. The van der Waals surface area contributed by atoms with E-state index in [9.17, 15) is 20.2 Å². The van der Waals surface area contributed by atoms with Crippen LogP contribution in [0.4, 0.5) is 5.69 Å². The van der Waals surface area contributed by atoms with Crippen molar-refractivity contribution in [2.45, 2.75) is 6.54 Å². The van der Waals surface area contributed by atoms with Crippen molar-refractivity contribution in [2.75, 3.05) is 21.0 Å². The molecule has 0 aromatic heterocycles. The number of hydrogen-bond acceptors (Lipinski definition) is 8. The van der Waals surface area contributed by atoms with Gasteiger partial charge in [-0.05, 0) is 29.8 Å². The molecule has 10 heteroatoms. The highest BCUT2D eigenvalue weighted by Gasteiger charge is 2.20. The van der Waals surface area contributed by atoms with Crippen molar-refractivity contribution in [1.82, 2.24) is 5.32 Å². The number of fused-ring (bicyclic) bond motifs is 1. The molecule has 0 unspecified atom stereocenters. The molecule has 0 bridgehead atoms. The molecule has 1 aliphatic heterocycles. The van der Waals surface area contributed by atoms with Crippen LogP contribution in [-0.2, 0) is 11.3 Å². The lowest BCUT2D eigenvalue weighted by molar-refractivity contribution is -0.385. The van der Waals surface area contributed by atoms with Crippen molar-refractivity contribution >= 4 is 17.7 Å². The summed E-state index contributed by atoms with van der Waals surface area (Å²) < 4.78 is 20.7. The molecule has 0 atom stereocenters. The second-order valence-electron chi connectivity index (χ2n) is 6.06. The second-order valence-corrected chi connectivity index (χ2v) is 6.06. The number of ether oxygens (including phenoxy) is 4. The fraction of sp³-hybridized carbons (Fsp3) is 0.200. The van der Waals surface area contributed by atoms with Crippen LogP contribution >= 0.6 is 0 Å². The first-order valence-corrected chi connectivity index (χ1v) is 8.65. The number of rotatable bonds is 7. The van der Waals surface area contributed by atoms with Gasteiger partial charge in [-0.1, -0.05) is 6.07 Å². The minimum Gasteiger partial charge on any atom is -0.493 e. The number of methoxy groups -OCH3 is 2. The van der Waals surface area contributed by atoms with Crippen molar-refractivity contribution in [1.29, 1.82) is 5.26 Å². The maximum Gasteiger partial charge on any atom is 0.280 e. The van der Waals surface area contributed by atoms with Gasteiger partial charge in [0.15, 0.2) is 23.0 Å². The lowest BCUT2D eigenvalue weighted by Crippen LogP contribution is -2.24. The predicted molar refractivity (Wildman–Crippen MR) is 104 cm³/mol. The molecule has 30 heavy (non-hydrogen) atoms. The highest BCUT2D eigenvalue weighted by molar-refractivity contribution is 6.02. The predicted octanol–water partition coefficient (Wildman–Crippen LogP) is 2.56. The molecule has 1 N–H and O–H groups in total. The molecule has 0 aliphatic carbocycles. The number of nitrogens with zero attached hydrogens (tertiary/aromatic N) is 2. The molecule has 0 fully saturated rings. The zero-order chi connectivity index (χ0) is 21.7. The Hall–Kier alpha value is -4.26. The van der Waals surface area contributed by atoms with Gasteiger partial charge in [0.25, 0.3) is 11.6 Å². The van der Waals surface area contributed by atoms with E-state index < -0.39 is 10.8 Å². The summed E-state index contributed by atoms with van der Waals surface area (Å²) in [6.45, 7) is 0.263. The number of amides is 1. The van der Waals surface area contributed by atoms with E-state index in [1.165, 1.54) is 26.4 Å². The minimum atomic E-state index is -0.681. The Labute approximate surface area is 171 Å². The lowest BCUT2D eigenvalue weighted by atomic mass is 10.1. The fourth-order valence-electron chi connectivity index (χ4n) is 2.79. The summed E-state index contributed by atoms with van der Waals surface area (Å²) in [6.07, 6.45) is 1.13. The molecular weight excluding hydrogens is 394 g/mol. The summed E-state index contributed by atoms with van der Waals surface area (Å²) in [5.41, 5.74) is 0.143. The van der Waals surface area contributed by atoms with Gasteiger partial charge in [-0.15, -0.1) is 0 Å². The van der Waals surface area contributed by atoms with E-state index in [1.807, 2.05) is 0 Å². The van der Waals surface area contributed by atoms with Crippen molar-refractivity contribution < 1.29 is 28.7 Å². The Bertz CT molecular complexity index is 1070. The summed E-state index contributed by atoms with van der Waals surface area (Å²) in [5.74, 6) is 0.890. The number of benzene rings is 2. The zero-order valence-corrected chi connectivity index (χ0v) is 16.1. The van der Waals surface area contributed by atoms with Crippen molar-refractivity contribution in [2.24, 2.45) is 0 Å². The van der Waals surface area contributed by atoms with Crippen LogP contribution in [0.1, 0.15) is 11.1 Å². The highest BCUT2D eigenvalue weighted by Crippen LogP contribution is 2.35. The molecule has 10 nitrogen and oxygen atoms in total. The largest absolute Gasteiger partial charge is 0.493 e. The molecular formula is C20H17N3O7. The van der Waals surface area contributed by atoms with Gasteiger partial charge in [0.1, 0.15) is 11.6 Å². The molecule has 0 spiro atoms. The van der Waals surface area contributed by atoms with Gasteiger partial charge < -0.3 is 24.3 Å². The molecule has 1 amide bonds. The zero-order valence-electron chi connectivity index (χ0n) is 16.1. The molecule has 2 aromatic carbocycles. The number of nitriles is 1. The summed E-state index contributed by atoms with van der Waals surface area (Å²) in [4.78, 5) is 23.2. The maximum absolute atomic E-state index is 12.5. The molecule has 0 saturated carbocycles. The standard InChI is InChI=1S/C20H17N3O7/c1-27-17-7-13(15(23(25)26)8-18(17)28-2)6-14(9-21)20(24)22-10-12-3-4-16-19(5-12)30-11-29-16/h3-8H,10-11H2,1-2H3,(H,22,24)/b14-6+. The number of nitro benzene ring substituents is 1. The number of carbonyl (C=O) groups is 1. The number of carbonyl (C=O) groups excluding carboxylic acids is 1. The number of hydrogen-bond donors (Lipinski definition) is 1. The van der Waals surface area contributed by atoms with Gasteiger partial charge in [0.2, 0.25) is 6.79 Å². The number of nitro groups is 1. The van der Waals surface area contributed by atoms with E-state index in [1.54, 1.807) is 24.3 Å². The topological polar surface area (TPSA) is 133 Å². The highest BCUT2D eigenvalue weighted by atomic mass is 16.7. The molecule has 154 valence electrons. The number of nitrogens with one attached hydrogen (secondary N) is 1. The minimum absolute atomic E-state index is 0.0347. The fourth-order valence-corrected chi connectivity index (χ4v) is 2.79. The smallest absolute Gasteiger partial charge is 0.280 e. The Kier molecular flexibility index (Phi) is 6.03. The first-order valence-electron chi connectivity index (χ1n) is 8.65. The van der Waals surface area contributed by atoms with Crippen LogP contribution in [0.15, 0.2) is 35.9 Å². The average molecular weight is 411 g/mol. The van der Waals surface area contributed by atoms with Crippen LogP contribution < -0.4 is 24.3 Å². The van der Waals surface area contributed by atoms with Crippen LogP contribution in [-0.4, -0.2) is 31.8 Å². The van der Waals surface area contributed by atoms with Crippen LogP contribution in [0, 0.1) is 21.4 Å². The van der Waals surface area contributed by atoms with Crippen molar-refractivity contribution in [3.05, 3.63) is 57.1 Å². The summed E-state index contributed by atoms with van der Waals surface area (Å²) >= 11 is 0. The van der Waals surface area contributed by atoms with Gasteiger partial charge in [-0.2, -0.15) is 5.26 Å². The molecule has 0 saturated heterocycles.